The van der Waals surface area contributed by atoms with Crippen LogP contribution in [0.1, 0.15) is 16.8 Å². The number of aliphatic hydroxyl groups is 1. The van der Waals surface area contributed by atoms with Crippen LogP contribution in [0.5, 0.6) is 11.5 Å². The van der Waals surface area contributed by atoms with E-state index in [1.165, 1.54) is 6.07 Å². The topological polar surface area (TPSA) is 51.6 Å². The van der Waals surface area contributed by atoms with Crippen molar-refractivity contribution in [2.75, 3.05) is 13.7 Å². The Morgan fingerprint density at radius 2 is 1.75 bits per heavy atom. The van der Waals surface area contributed by atoms with Gasteiger partial charge in [-0.15, -0.1) is 0 Å². The molecular weight excluding hydrogens is 364 g/mol. The highest BCUT2D eigenvalue weighted by Crippen LogP contribution is 2.32. The second-order valence-corrected chi connectivity index (χ2v) is 6.23. The van der Waals surface area contributed by atoms with Gasteiger partial charge in [0.15, 0.2) is 5.75 Å². The molecule has 0 aliphatic carbocycles. The first kappa shape index (κ1) is 19.8. The molecule has 0 fully saturated rings. The van der Waals surface area contributed by atoms with Crippen molar-refractivity contribution in [1.82, 2.24) is 4.98 Å². The number of rotatable bonds is 8. The molecule has 0 spiro atoms. The van der Waals surface area contributed by atoms with Crippen LogP contribution in [0.15, 0.2) is 60.7 Å². The molecule has 0 aliphatic heterocycles. The predicted molar refractivity (Wildman–Crippen MR) is 103 cm³/mol. The van der Waals surface area contributed by atoms with E-state index in [0.29, 0.717) is 29.8 Å². The second kappa shape index (κ2) is 9.28. The number of benzene rings is 2. The highest BCUT2D eigenvalue weighted by atomic mass is 19.3. The van der Waals surface area contributed by atoms with Crippen LogP contribution in [-0.4, -0.2) is 30.4 Å². The van der Waals surface area contributed by atoms with Crippen molar-refractivity contribution in [2.45, 2.75) is 19.5 Å². The van der Waals surface area contributed by atoms with Gasteiger partial charge in [-0.2, -0.15) is 8.78 Å². The van der Waals surface area contributed by atoms with Crippen LogP contribution in [0.25, 0.3) is 11.3 Å². The summed E-state index contributed by atoms with van der Waals surface area (Å²) in [7, 11) is 1.54. The number of nitrogens with zero attached hydrogens (tertiary/aromatic N) is 1. The third-order valence-corrected chi connectivity index (χ3v) is 4.28. The fourth-order valence-electron chi connectivity index (χ4n) is 2.92. The minimum Gasteiger partial charge on any atom is -0.497 e. The fraction of sp³-hybridized carbons (Fsp3) is 0.227. The molecule has 4 nitrogen and oxygen atoms in total. The van der Waals surface area contributed by atoms with Crippen LogP contribution in [-0.2, 0) is 12.8 Å². The molecule has 3 rings (SSSR count). The number of methoxy groups -OCH3 is 1. The molecule has 28 heavy (non-hydrogen) atoms. The van der Waals surface area contributed by atoms with E-state index in [9.17, 15) is 8.78 Å². The van der Waals surface area contributed by atoms with E-state index >= 15 is 0 Å². The van der Waals surface area contributed by atoms with Gasteiger partial charge in [0.25, 0.3) is 0 Å². The largest absolute Gasteiger partial charge is 0.497 e. The molecular formula is C22H21F2NO3. The van der Waals surface area contributed by atoms with Gasteiger partial charge in [-0.3, -0.25) is 0 Å². The second-order valence-electron chi connectivity index (χ2n) is 6.23. The van der Waals surface area contributed by atoms with E-state index in [0.717, 1.165) is 16.8 Å². The number of hydrogen-bond donors (Lipinski definition) is 1. The molecule has 3 aromatic rings. The smallest absolute Gasteiger partial charge is 0.387 e. The number of aromatic nitrogens is 1. The standard InChI is InChI=1S/C22H21F2NO3/c1-27-19-4-2-3-17(14-19)21-20(28-22(23)24)10-9-18(25-21)13-16-7-5-15(6-8-16)11-12-26/h2-10,14,22,26H,11-13H2,1H3. The highest BCUT2D eigenvalue weighted by Gasteiger charge is 2.15. The lowest BCUT2D eigenvalue weighted by molar-refractivity contribution is -0.0496. The first-order chi connectivity index (χ1) is 13.6. The summed E-state index contributed by atoms with van der Waals surface area (Å²) in [6.45, 7) is -2.83. The SMILES string of the molecule is COc1cccc(-c2nc(Cc3ccc(CCO)cc3)ccc2OC(F)F)c1. The van der Waals surface area contributed by atoms with Crippen molar-refractivity contribution < 1.29 is 23.4 Å². The third-order valence-electron chi connectivity index (χ3n) is 4.28. The van der Waals surface area contributed by atoms with Gasteiger partial charge < -0.3 is 14.6 Å². The molecule has 1 N–H and O–H groups in total. The van der Waals surface area contributed by atoms with Crippen molar-refractivity contribution in [3.8, 4) is 22.8 Å². The Bertz CT molecular complexity index is 914. The third kappa shape index (κ3) is 5.04. The predicted octanol–water partition coefficient (Wildman–Crippen LogP) is 4.48. The number of aliphatic hydroxyl groups excluding tert-OH is 1. The average molecular weight is 385 g/mol. The minimum absolute atomic E-state index is 0.0188. The first-order valence-corrected chi connectivity index (χ1v) is 8.87. The summed E-state index contributed by atoms with van der Waals surface area (Å²) < 4.78 is 35.5. The Morgan fingerprint density at radius 1 is 1.00 bits per heavy atom. The normalized spacial score (nSPS) is 10.9. The summed E-state index contributed by atoms with van der Waals surface area (Å²) >= 11 is 0. The van der Waals surface area contributed by atoms with Crippen molar-refractivity contribution >= 4 is 0 Å². The number of halogens is 2. The van der Waals surface area contributed by atoms with E-state index in [2.05, 4.69) is 9.72 Å². The van der Waals surface area contributed by atoms with Gasteiger partial charge in [-0.1, -0.05) is 36.4 Å². The quantitative estimate of drug-likeness (QED) is 0.621. The van der Waals surface area contributed by atoms with Gasteiger partial charge in [0.05, 0.1) is 7.11 Å². The summed E-state index contributed by atoms with van der Waals surface area (Å²) in [6.07, 6.45) is 1.16. The zero-order valence-corrected chi connectivity index (χ0v) is 15.4. The molecule has 0 amide bonds. The van der Waals surface area contributed by atoms with Crippen molar-refractivity contribution in [2.24, 2.45) is 0 Å². The van der Waals surface area contributed by atoms with Gasteiger partial charge >= 0.3 is 6.61 Å². The summed E-state index contributed by atoms with van der Waals surface area (Å²) in [6, 6.07) is 18.1. The van der Waals surface area contributed by atoms with E-state index in [4.69, 9.17) is 9.84 Å². The molecule has 6 heteroatoms. The van der Waals surface area contributed by atoms with Gasteiger partial charge in [0, 0.05) is 24.3 Å². The molecule has 0 atom stereocenters. The Morgan fingerprint density at radius 3 is 2.43 bits per heavy atom. The first-order valence-electron chi connectivity index (χ1n) is 8.87. The van der Waals surface area contributed by atoms with Gasteiger partial charge in [-0.25, -0.2) is 4.98 Å². The summed E-state index contributed by atoms with van der Waals surface area (Å²) in [5.74, 6) is 0.623. The average Bonchev–Trinajstić information content (AvgIpc) is 2.70. The Balaban J connectivity index is 1.92. The number of ether oxygens (including phenoxy) is 2. The highest BCUT2D eigenvalue weighted by molar-refractivity contribution is 5.68. The lowest BCUT2D eigenvalue weighted by Crippen LogP contribution is -2.05. The van der Waals surface area contributed by atoms with E-state index in [-0.39, 0.29) is 12.4 Å². The molecule has 0 radical (unpaired) electrons. The van der Waals surface area contributed by atoms with Gasteiger partial charge in [-0.05, 0) is 41.8 Å². The molecule has 146 valence electrons. The zero-order chi connectivity index (χ0) is 19.9. The molecule has 0 aliphatic rings. The summed E-state index contributed by atoms with van der Waals surface area (Å²) in [5.41, 5.74) is 3.79. The van der Waals surface area contributed by atoms with E-state index in [1.807, 2.05) is 24.3 Å². The fourth-order valence-corrected chi connectivity index (χ4v) is 2.92. The lowest BCUT2D eigenvalue weighted by Gasteiger charge is -2.13. The van der Waals surface area contributed by atoms with Crippen LogP contribution in [0.4, 0.5) is 8.78 Å². The van der Waals surface area contributed by atoms with E-state index in [1.54, 1.807) is 37.4 Å². The maximum atomic E-state index is 12.8. The molecule has 1 aromatic heterocycles. The maximum Gasteiger partial charge on any atom is 0.387 e. The van der Waals surface area contributed by atoms with Crippen molar-refractivity contribution in [1.29, 1.82) is 0 Å². The van der Waals surface area contributed by atoms with Crippen LogP contribution in [0, 0.1) is 0 Å². The summed E-state index contributed by atoms with van der Waals surface area (Å²) in [5, 5.41) is 9.00. The Kier molecular flexibility index (Phi) is 6.55. The van der Waals surface area contributed by atoms with Crippen LogP contribution < -0.4 is 9.47 Å². The Hall–Kier alpha value is -2.99. The van der Waals surface area contributed by atoms with Gasteiger partial charge in [0.2, 0.25) is 0 Å². The molecule has 2 aromatic carbocycles. The van der Waals surface area contributed by atoms with Crippen molar-refractivity contribution in [3.63, 3.8) is 0 Å². The monoisotopic (exact) mass is 385 g/mol. The van der Waals surface area contributed by atoms with Crippen molar-refractivity contribution in [3.05, 3.63) is 77.5 Å². The lowest BCUT2D eigenvalue weighted by atomic mass is 10.0. The van der Waals surface area contributed by atoms with Crippen LogP contribution in [0.2, 0.25) is 0 Å². The molecule has 1 heterocycles. The maximum absolute atomic E-state index is 12.8. The van der Waals surface area contributed by atoms with Crippen LogP contribution in [0.3, 0.4) is 0 Å². The minimum atomic E-state index is -2.93. The molecule has 0 saturated heterocycles. The van der Waals surface area contributed by atoms with E-state index < -0.39 is 6.61 Å². The molecule has 0 saturated carbocycles. The Labute approximate surface area is 162 Å². The van der Waals surface area contributed by atoms with Crippen LogP contribution >= 0.6 is 0 Å². The zero-order valence-electron chi connectivity index (χ0n) is 15.4. The number of hydrogen-bond acceptors (Lipinski definition) is 4. The molecule has 0 bridgehead atoms. The van der Waals surface area contributed by atoms with Gasteiger partial charge in [0.1, 0.15) is 11.4 Å². The summed E-state index contributed by atoms with van der Waals surface area (Å²) in [4.78, 5) is 4.57. The molecule has 0 unspecified atom stereocenters. The number of alkyl halides is 2. The number of pyridine rings is 1.